The minimum Gasteiger partial charge on any atom is -0.466 e. The Hall–Kier alpha value is -2.64. The summed E-state index contributed by atoms with van der Waals surface area (Å²) < 4.78 is 16.7. The molecule has 0 aromatic heterocycles. The van der Waals surface area contributed by atoms with Crippen LogP contribution in [0.3, 0.4) is 0 Å². The van der Waals surface area contributed by atoms with Crippen LogP contribution in [0.5, 0.6) is 0 Å². The van der Waals surface area contributed by atoms with Gasteiger partial charge in [-0.2, -0.15) is 0 Å². The van der Waals surface area contributed by atoms with Crippen LogP contribution < -0.4 is 5.32 Å². The summed E-state index contributed by atoms with van der Waals surface area (Å²) in [4.78, 5) is 25.1. The van der Waals surface area contributed by atoms with Crippen molar-refractivity contribution in [2.45, 2.75) is 391 Å². The third-order valence-electron chi connectivity index (χ3n) is 17.3. The van der Waals surface area contributed by atoms with Crippen molar-refractivity contribution in [1.29, 1.82) is 0 Å². The number of aliphatic hydroxyl groups excluding tert-OH is 5. The molecule has 1 aliphatic heterocycles. The molecule has 0 spiro atoms. The van der Waals surface area contributed by atoms with Crippen LogP contribution in [0.25, 0.3) is 0 Å². The Bertz CT molecular complexity index is 1630. The zero-order valence-corrected chi connectivity index (χ0v) is 56.5. The second-order valence-electron chi connectivity index (χ2n) is 25.6. The maximum absolute atomic E-state index is 13.0. The summed E-state index contributed by atoms with van der Waals surface area (Å²) in [5.74, 6) is -0.187. The standard InChI is InChI=1S/C76H139NO10/c1-3-5-7-9-11-13-15-16-17-38-41-44-48-52-56-60-64-72(81)85-65-61-57-53-49-45-42-39-36-34-32-30-28-26-24-22-20-18-19-21-23-25-27-29-31-33-35-37-40-43-47-51-55-59-63-71(80)77-68(67-86-76-75(84)74(83)73(82)70(66-78)87-76)69(79)62-58-54-50-46-14-12-10-8-6-4-2/h13,15,17,22,24,28,30,38,58,62,68-70,73-76,78-79,82-84H,3-12,14,16,18-21,23,25-27,29,31-37,39-57,59-61,63-67H2,1-2H3,(H,77,80)/b15-13-,24-22-,30-28-,38-17-,62-58+. The summed E-state index contributed by atoms with van der Waals surface area (Å²) in [6, 6.07) is -0.808. The van der Waals surface area contributed by atoms with Crippen molar-refractivity contribution in [2.24, 2.45) is 0 Å². The van der Waals surface area contributed by atoms with Gasteiger partial charge >= 0.3 is 5.97 Å². The third kappa shape index (κ3) is 53.7. The number of esters is 1. The molecule has 0 aliphatic carbocycles. The fourth-order valence-corrected chi connectivity index (χ4v) is 11.5. The van der Waals surface area contributed by atoms with Gasteiger partial charge in [0.2, 0.25) is 5.91 Å². The van der Waals surface area contributed by atoms with Crippen LogP contribution in [-0.2, 0) is 23.8 Å². The molecule has 0 radical (unpaired) electrons. The molecule has 7 atom stereocenters. The van der Waals surface area contributed by atoms with Gasteiger partial charge in [0, 0.05) is 12.8 Å². The molecular weight excluding hydrogens is 1090 g/mol. The molecule has 87 heavy (non-hydrogen) atoms. The third-order valence-corrected chi connectivity index (χ3v) is 17.3. The molecule has 7 unspecified atom stereocenters. The average Bonchev–Trinajstić information content (AvgIpc) is 3.20. The van der Waals surface area contributed by atoms with E-state index in [-0.39, 0.29) is 18.5 Å². The number of aliphatic hydroxyl groups is 5. The number of rotatable bonds is 65. The number of nitrogens with one attached hydrogen (secondary N) is 1. The zero-order chi connectivity index (χ0) is 63.0. The molecule has 0 aromatic rings. The van der Waals surface area contributed by atoms with E-state index in [4.69, 9.17) is 14.2 Å². The monoisotopic (exact) mass is 1230 g/mol. The molecule has 508 valence electrons. The van der Waals surface area contributed by atoms with Gasteiger partial charge < -0.3 is 45.1 Å². The van der Waals surface area contributed by atoms with Crippen LogP contribution in [0.15, 0.2) is 60.8 Å². The van der Waals surface area contributed by atoms with E-state index in [0.717, 1.165) is 70.6 Å². The van der Waals surface area contributed by atoms with Crippen LogP contribution in [0, 0.1) is 0 Å². The minimum absolute atomic E-state index is 0.00673. The first-order chi connectivity index (χ1) is 42.7. The Morgan fingerprint density at radius 3 is 1.17 bits per heavy atom. The number of carbonyl (C=O) groups is 2. The van der Waals surface area contributed by atoms with Crippen molar-refractivity contribution in [3.63, 3.8) is 0 Å². The van der Waals surface area contributed by atoms with Gasteiger partial charge in [-0.15, -0.1) is 0 Å². The second-order valence-corrected chi connectivity index (χ2v) is 25.6. The summed E-state index contributed by atoms with van der Waals surface area (Å²) >= 11 is 0. The highest BCUT2D eigenvalue weighted by Crippen LogP contribution is 2.23. The lowest BCUT2D eigenvalue weighted by atomic mass is 9.99. The van der Waals surface area contributed by atoms with Gasteiger partial charge in [0.25, 0.3) is 0 Å². The fourth-order valence-electron chi connectivity index (χ4n) is 11.5. The average molecular weight is 1230 g/mol. The highest BCUT2D eigenvalue weighted by molar-refractivity contribution is 5.76. The molecule has 0 saturated carbocycles. The van der Waals surface area contributed by atoms with Crippen molar-refractivity contribution < 1.29 is 49.3 Å². The largest absolute Gasteiger partial charge is 0.466 e. The summed E-state index contributed by atoms with van der Waals surface area (Å²) in [7, 11) is 0. The second kappa shape index (κ2) is 64.9. The van der Waals surface area contributed by atoms with Crippen LogP contribution in [0.1, 0.15) is 348 Å². The Morgan fingerprint density at radius 1 is 0.425 bits per heavy atom. The first-order valence-electron chi connectivity index (χ1n) is 37.1. The lowest BCUT2D eigenvalue weighted by Gasteiger charge is -2.40. The molecule has 1 saturated heterocycles. The van der Waals surface area contributed by atoms with E-state index < -0.39 is 49.5 Å². The normalized spacial score (nSPS) is 18.2. The maximum atomic E-state index is 13.0. The number of hydrogen-bond acceptors (Lipinski definition) is 10. The smallest absolute Gasteiger partial charge is 0.305 e. The van der Waals surface area contributed by atoms with Crippen molar-refractivity contribution in [3.05, 3.63) is 60.8 Å². The van der Waals surface area contributed by atoms with Crippen LogP contribution in [0.2, 0.25) is 0 Å². The highest BCUT2D eigenvalue weighted by atomic mass is 16.7. The van der Waals surface area contributed by atoms with Gasteiger partial charge in [-0.25, -0.2) is 0 Å². The quantitative estimate of drug-likeness (QED) is 0.0195. The van der Waals surface area contributed by atoms with Gasteiger partial charge in [-0.1, -0.05) is 299 Å². The molecule has 1 amide bonds. The molecule has 6 N–H and O–H groups in total. The van der Waals surface area contributed by atoms with Gasteiger partial charge in [0.1, 0.15) is 24.4 Å². The summed E-state index contributed by atoms with van der Waals surface area (Å²) in [5, 5.41) is 54.4. The number of ether oxygens (including phenoxy) is 3. The van der Waals surface area contributed by atoms with E-state index in [9.17, 15) is 35.1 Å². The van der Waals surface area contributed by atoms with Crippen LogP contribution in [-0.4, -0.2) is 100 Å². The maximum Gasteiger partial charge on any atom is 0.305 e. The topological polar surface area (TPSA) is 175 Å². The summed E-state index contributed by atoms with van der Waals surface area (Å²) in [6.07, 6.45) is 76.6. The van der Waals surface area contributed by atoms with Gasteiger partial charge in [-0.3, -0.25) is 9.59 Å². The summed E-state index contributed by atoms with van der Waals surface area (Å²) in [5.41, 5.74) is 0. The number of unbranched alkanes of at least 4 members (excludes halogenated alkanes) is 43. The Morgan fingerprint density at radius 2 is 0.770 bits per heavy atom. The molecule has 11 heteroatoms. The SMILES string of the molecule is CCCCCC/C=C\C/C=C\CCCCCCCC(=O)OCCCCCCCCCCC/C=C\C/C=C\CCCCCCCCCCCCCCCCCCCC(=O)NC(COC1OC(CO)C(O)C(O)C1O)C(O)/C=C/CCCCCCCCCC. The van der Waals surface area contributed by atoms with Crippen LogP contribution >= 0.6 is 0 Å². The molecular formula is C76H139NO10. The van der Waals surface area contributed by atoms with Crippen LogP contribution in [0.4, 0.5) is 0 Å². The van der Waals surface area contributed by atoms with Crippen molar-refractivity contribution >= 4 is 11.9 Å². The van der Waals surface area contributed by atoms with Gasteiger partial charge in [0.15, 0.2) is 6.29 Å². The summed E-state index contributed by atoms with van der Waals surface area (Å²) in [6.45, 7) is 4.32. The van der Waals surface area contributed by atoms with E-state index in [2.05, 4.69) is 67.8 Å². The molecule has 1 fully saturated rings. The lowest BCUT2D eigenvalue weighted by molar-refractivity contribution is -0.302. The van der Waals surface area contributed by atoms with Crippen molar-refractivity contribution in [2.75, 3.05) is 19.8 Å². The van der Waals surface area contributed by atoms with E-state index in [0.29, 0.717) is 19.4 Å². The number of carbonyl (C=O) groups excluding carboxylic acids is 2. The van der Waals surface area contributed by atoms with Gasteiger partial charge in [0.05, 0.1) is 32.0 Å². The molecule has 1 aliphatic rings. The fraction of sp³-hybridized carbons (Fsp3) is 0.842. The van der Waals surface area contributed by atoms with Crippen molar-refractivity contribution in [3.8, 4) is 0 Å². The Balaban J connectivity index is 1.92. The first kappa shape index (κ1) is 82.4. The van der Waals surface area contributed by atoms with E-state index in [1.807, 2.05) is 6.08 Å². The van der Waals surface area contributed by atoms with E-state index in [1.54, 1.807) is 6.08 Å². The Kier molecular flexibility index (Phi) is 61.4. The molecule has 0 bridgehead atoms. The van der Waals surface area contributed by atoms with Gasteiger partial charge in [-0.05, 0) is 96.3 Å². The molecule has 1 heterocycles. The van der Waals surface area contributed by atoms with E-state index >= 15 is 0 Å². The number of amides is 1. The molecule has 1 rings (SSSR count). The zero-order valence-electron chi connectivity index (χ0n) is 56.5. The predicted octanol–water partition coefficient (Wildman–Crippen LogP) is 19.3. The number of hydrogen-bond donors (Lipinski definition) is 6. The number of allylic oxidation sites excluding steroid dienone is 9. The molecule has 0 aromatic carbocycles. The minimum atomic E-state index is -1.57. The Labute approximate surface area is 535 Å². The van der Waals surface area contributed by atoms with Crippen molar-refractivity contribution in [1.82, 2.24) is 5.32 Å². The highest BCUT2D eigenvalue weighted by Gasteiger charge is 2.44. The molecule has 11 nitrogen and oxygen atoms in total. The first-order valence-corrected chi connectivity index (χ1v) is 37.1. The predicted molar refractivity (Wildman–Crippen MR) is 366 cm³/mol. The lowest BCUT2D eigenvalue weighted by Crippen LogP contribution is -2.60. The van der Waals surface area contributed by atoms with E-state index in [1.165, 1.54) is 250 Å².